The van der Waals surface area contributed by atoms with Crippen molar-refractivity contribution in [1.29, 1.82) is 0 Å². The summed E-state index contributed by atoms with van der Waals surface area (Å²) in [6.45, 7) is -0.583. The van der Waals surface area contributed by atoms with E-state index < -0.39 is 46.8 Å². The van der Waals surface area contributed by atoms with Gasteiger partial charge in [0.25, 0.3) is 23.4 Å². The number of ketones is 1. The number of hydrazine groups is 1. The molecular weight excluding hydrogens is 450 g/mol. The number of amides is 3. The second-order valence-corrected chi connectivity index (χ2v) is 8.52. The van der Waals surface area contributed by atoms with Crippen molar-refractivity contribution in [3.63, 3.8) is 0 Å². The van der Waals surface area contributed by atoms with Gasteiger partial charge in [0.2, 0.25) is 0 Å². The van der Waals surface area contributed by atoms with Crippen molar-refractivity contribution in [1.82, 2.24) is 10.0 Å². The van der Waals surface area contributed by atoms with Gasteiger partial charge >= 0.3 is 0 Å². The van der Waals surface area contributed by atoms with Gasteiger partial charge < -0.3 is 0 Å². The third kappa shape index (κ3) is 4.36. The summed E-state index contributed by atoms with van der Waals surface area (Å²) in [5.41, 5.74) is -0.186. The molecule has 4 rings (SSSR count). The fourth-order valence-corrected chi connectivity index (χ4v) is 4.51. The number of hydrogen-bond acceptors (Lipinski definition) is 6. The summed E-state index contributed by atoms with van der Waals surface area (Å²) in [6, 6.07) is 10.9. The van der Waals surface area contributed by atoms with E-state index in [1.165, 1.54) is 42.5 Å². The van der Waals surface area contributed by atoms with E-state index in [0.29, 0.717) is 17.9 Å². The molecule has 1 saturated carbocycles. The molecule has 170 valence electrons. The molecular formula is C23H20ClN3O6. The highest BCUT2D eigenvalue weighted by atomic mass is 35.5. The lowest BCUT2D eigenvalue weighted by atomic mass is 9.81. The molecule has 0 bridgehead atoms. The van der Waals surface area contributed by atoms with Crippen LogP contribution in [0.25, 0.3) is 0 Å². The van der Waals surface area contributed by atoms with Gasteiger partial charge in [-0.2, -0.15) is 5.01 Å². The van der Waals surface area contributed by atoms with Crippen LogP contribution < -0.4 is 0 Å². The van der Waals surface area contributed by atoms with Crippen LogP contribution in [0.15, 0.2) is 48.5 Å². The molecule has 1 heterocycles. The number of nitrogens with zero attached hydrogens (tertiary/aromatic N) is 3. The van der Waals surface area contributed by atoms with Crippen molar-refractivity contribution in [3.8, 4) is 0 Å². The van der Waals surface area contributed by atoms with E-state index in [9.17, 15) is 29.3 Å². The Morgan fingerprint density at radius 2 is 1.61 bits per heavy atom. The van der Waals surface area contributed by atoms with Crippen molar-refractivity contribution in [3.05, 3.63) is 74.8 Å². The Morgan fingerprint density at radius 3 is 2.18 bits per heavy atom. The molecule has 2 aliphatic rings. The summed E-state index contributed by atoms with van der Waals surface area (Å²) in [5, 5.41) is 13.2. The summed E-state index contributed by atoms with van der Waals surface area (Å²) in [5.74, 6) is -3.46. The van der Waals surface area contributed by atoms with E-state index in [2.05, 4.69) is 0 Å². The third-order valence-electron chi connectivity index (χ3n) is 6.06. The van der Waals surface area contributed by atoms with Gasteiger partial charge in [-0.25, -0.2) is 5.01 Å². The number of imide groups is 1. The van der Waals surface area contributed by atoms with E-state index in [0.717, 1.165) is 28.9 Å². The van der Waals surface area contributed by atoms with Gasteiger partial charge in [-0.15, -0.1) is 0 Å². The number of halogens is 1. The first-order chi connectivity index (χ1) is 15.8. The Kier molecular flexibility index (Phi) is 6.24. The molecule has 9 nitrogen and oxygen atoms in total. The Bertz CT molecular complexity index is 1130. The van der Waals surface area contributed by atoms with Gasteiger partial charge in [-0.05, 0) is 43.2 Å². The quantitative estimate of drug-likeness (QED) is 0.276. The van der Waals surface area contributed by atoms with Gasteiger partial charge in [0.05, 0.1) is 16.8 Å². The van der Waals surface area contributed by atoms with E-state index in [1.54, 1.807) is 0 Å². The molecule has 0 unspecified atom stereocenters. The fraction of sp³-hybridized carbons (Fsp3) is 0.304. The number of carbonyl (C=O) groups excluding carboxylic acids is 4. The van der Waals surface area contributed by atoms with Crippen LogP contribution in [0.5, 0.6) is 0 Å². The molecule has 0 spiro atoms. The highest BCUT2D eigenvalue weighted by molar-refractivity contribution is 6.30. The summed E-state index contributed by atoms with van der Waals surface area (Å²) in [4.78, 5) is 63.2. The second kappa shape index (κ2) is 9.11. The smallest absolute Gasteiger partial charge is 0.273 e. The lowest BCUT2D eigenvalue weighted by Crippen LogP contribution is -2.52. The topological polar surface area (TPSA) is 118 Å². The maximum atomic E-state index is 13.4. The van der Waals surface area contributed by atoms with Gasteiger partial charge in [-0.1, -0.05) is 30.5 Å². The average molecular weight is 470 g/mol. The number of rotatable bonds is 6. The van der Waals surface area contributed by atoms with Crippen LogP contribution >= 0.6 is 11.6 Å². The molecule has 3 amide bonds. The third-order valence-corrected chi connectivity index (χ3v) is 6.31. The molecule has 2 aromatic carbocycles. The predicted molar refractivity (Wildman–Crippen MR) is 117 cm³/mol. The summed E-state index contributed by atoms with van der Waals surface area (Å²) < 4.78 is 0. The van der Waals surface area contributed by atoms with E-state index in [1.807, 2.05) is 0 Å². The lowest BCUT2D eigenvalue weighted by Gasteiger charge is -2.30. The SMILES string of the molecule is O=C(CN(C(=O)c1cccc([N+](=O)[O-])c1)N1C(=O)[C@H]2CCCC[C@@H]2C1=O)c1ccc(Cl)cc1. The number of hydrogen-bond donors (Lipinski definition) is 0. The zero-order valence-electron chi connectivity index (χ0n) is 17.5. The van der Waals surface area contributed by atoms with E-state index >= 15 is 0 Å². The van der Waals surface area contributed by atoms with Crippen LogP contribution in [0, 0.1) is 22.0 Å². The van der Waals surface area contributed by atoms with Crippen molar-refractivity contribution in [2.75, 3.05) is 6.54 Å². The van der Waals surface area contributed by atoms with Crippen LogP contribution in [0.4, 0.5) is 5.69 Å². The average Bonchev–Trinajstić information content (AvgIpc) is 3.07. The normalized spacial score (nSPS) is 19.8. The molecule has 2 fully saturated rings. The Labute approximate surface area is 194 Å². The summed E-state index contributed by atoms with van der Waals surface area (Å²) in [7, 11) is 0. The molecule has 1 saturated heterocycles. The first-order valence-electron chi connectivity index (χ1n) is 10.5. The van der Waals surface area contributed by atoms with Gasteiger partial charge in [0, 0.05) is 28.3 Å². The number of Topliss-reactive ketones (excluding diaryl/α,β-unsaturated/α-hetero) is 1. The number of benzene rings is 2. The minimum Gasteiger partial charge on any atom is -0.292 e. The van der Waals surface area contributed by atoms with Crippen molar-refractivity contribution in [2.24, 2.45) is 11.8 Å². The zero-order valence-corrected chi connectivity index (χ0v) is 18.2. The molecule has 0 radical (unpaired) electrons. The second-order valence-electron chi connectivity index (χ2n) is 8.09. The highest BCUT2D eigenvalue weighted by Crippen LogP contribution is 2.39. The first-order valence-corrected chi connectivity index (χ1v) is 10.9. The standard InChI is InChI=1S/C23H20ClN3O6/c24-16-10-8-14(9-11-16)20(28)13-25(21(29)15-4-3-5-17(12-15)27(32)33)26-22(30)18-6-1-2-7-19(18)23(26)31/h3-5,8-12,18-19H,1-2,6-7,13H2/t18-,19-/m0/s1. The first kappa shape index (κ1) is 22.6. The maximum Gasteiger partial charge on any atom is 0.273 e. The molecule has 33 heavy (non-hydrogen) atoms. The minimum absolute atomic E-state index is 0.108. The van der Waals surface area contributed by atoms with E-state index in [4.69, 9.17) is 11.6 Å². The lowest BCUT2D eigenvalue weighted by molar-refractivity contribution is -0.384. The van der Waals surface area contributed by atoms with Crippen molar-refractivity contribution >= 4 is 40.8 Å². The van der Waals surface area contributed by atoms with Crippen LogP contribution in [-0.2, 0) is 9.59 Å². The monoisotopic (exact) mass is 469 g/mol. The zero-order chi connectivity index (χ0) is 23.7. The maximum absolute atomic E-state index is 13.4. The van der Waals surface area contributed by atoms with Gasteiger partial charge in [0.15, 0.2) is 5.78 Å². The van der Waals surface area contributed by atoms with Crippen LogP contribution in [0.2, 0.25) is 5.02 Å². The number of fused-ring (bicyclic) bond motifs is 1. The Balaban J connectivity index is 1.71. The molecule has 10 heteroatoms. The molecule has 1 aliphatic carbocycles. The number of nitro groups is 1. The van der Waals surface area contributed by atoms with Crippen LogP contribution in [0.3, 0.4) is 0 Å². The molecule has 0 N–H and O–H groups in total. The molecule has 0 aromatic heterocycles. The van der Waals surface area contributed by atoms with E-state index in [-0.39, 0.29) is 16.8 Å². The Hall–Kier alpha value is -3.59. The van der Waals surface area contributed by atoms with Crippen molar-refractivity contribution in [2.45, 2.75) is 25.7 Å². The van der Waals surface area contributed by atoms with Crippen LogP contribution in [0.1, 0.15) is 46.4 Å². The van der Waals surface area contributed by atoms with Gasteiger partial charge in [-0.3, -0.25) is 29.3 Å². The summed E-state index contributed by atoms with van der Waals surface area (Å²) >= 11 is 5.88. The molecule has 2 atom stereocenters. The van der Waals surface area contributed by atoms with Gasteiger partial charge in [0.1, 0.15) is 6.54 Å². The number of nitro benzene ring substituents is 1. The minimum atomic E-state index is -0.846. The fourth-order valence-electron chi connectivity index (χ4n) is 4.38. The number of carbonyl (C=O) groups is 4. The predicted octanol–water partition coefficient (Wildman–Crippen LogP) is 3.66. The Morgan fingerprint density at radius 1 is 1.00 bits per heavy atom. The summed E-state index contributed by atoms with van der Waals surface area (Å²) in [6.07, 6.45) is 2.68. The highest BCUT2D eigenvalue weighted by Gasteiger charge is 2.51. The molecule has 1 aliphatic heterocycles. The van der Waals surface area contributed by atoms with Crippen molar-refractivity contribution < 1.29 is 24.1 Å². The number of non-ortho nitro benzene ring substituents is 1. The van der Waals surface area contributed by atoms with Crippen LogP contribution in [-0.4, -0.2) is 45.0 Å². The largest absolute Gasteiger partial charge is 0.292 e. The molecule has 2 aromatic rings.